The minimum absolute atomic E-state index is 0.114. The highest BCUT2D eigenvalue weighted by atomic mass is 32.1. The number of fused-ring (bicyclic) bond motifs is 2. The molecule has 0 aliphatic carbocycles. The summed E-state index contributed by atoms with van der Waals surface area (Å²) in [6, 6.07) is 16.2. The fourth-order valence-corrected chi connectivity index (χ4v) is 4.77. The van der Waals surface area contributed by atoms with E-state index in [4.69, 9.17) is 0 Å². The average molecular weight is 389 g/mol. The number of allylic oxidation sites excluding steroid dienone is 2. The zero-order valence-corrected chi connectivity index (χ0v) is 16.1. The molecule has 0 atom stereocenters. The molecule has 2 aromatic heterocycles. The van der Waals surface area contributed by atoms with Gasteiger partial charge in [0.15, 0.2) is 11.6 Å². The second-order valence-electron chi connectivity index (χ2n) is 6.15. The number of benzene rings is 2. The molecule has 4 rings (SSSR count). The van der Waals surface area contributed by atoms with E-state index >= 15 is 0 Å². The summed E-state index contributed by atoms with van der Waals surface area (Å²) in [5.41, 5.74) is 2.02. The van der Waals surface area contributed by atoms with Crippen LogP contribution in [0.3, 0.4) is 0 Å². The zero-order chi connectivity index (χ0) is 18.6. The third-order valence-corrected chi connectivity index (χ3v) is 6.23. The molecule has 2 aromatic carbocycles. The van der Waals surface area contributed by atoms with Gasteiger partial charge in [0.2, 0.25) is 0 Å². The van der Waals surface area contributed by atoms with Gasteiger partial charge in [0.1, 0.15) is 0 Å². The van der Waals surface area contributed by atoms with E-state index in [-0.39, 0.29) is 18.0 Å². The lowest BCUT2D eigenvalue weighted by Gasteiger charge is -1.93. The number of ketones is 2. The third-order valence-electron chi connectivity index (χ3n) is 4.27. The molecule has 0 N–H and O–H groups in total. The molecule has 4 heteroatoms. The Kier molecular flexibility index (Phi) is 5.10. The molecule has 0 radical (unpaired) electrons. The van der Waals surface area contributed by atoms with Crippen LogP contribution in [0, 0.1) is 0 Å². The molecule has 0 amide bonds. The monoisotopic (exact) mass is 388 g/mol. The highest BCUT2D eigenvalue weighted by Gasteiger charge is 2.06. The Morgan fingerprint density at radius 1 is 0.704 bits per heavy atom. The Labute approximate surface area is 165 Å². The van der Waals surface area contributed by atoms with Crippen molar-refractivity contribution in [2.45, 2.75) is 6.42 Å². The fraction of sp³-hybridized carbons (Fsp3) is 0.0435. The van der Waals surface area contributed by atoms with Crippen LogP contribution in [-0.2, 0) is 9.59 Å². The number of carbonyl (C=O) groups excluding carboxylic acids is 2. The Morgan fingerprint density at radius 3 is 1.63 bits per heavy atom. The average Bonchev–Trinajstić information content (AvgIpc) is 3.29. The van der Waals surface area contributed by atoms with Crippen molar-refractivity contribution in [2.24, 2.45) is 0 Å². The van der Waals surface area contributed by atoms with E-state index < -0.39 is 0 Å². The van der Waals surface area contributed by atoms with Gasteiger partial charge >= 0.3 is 0 Å². The van der Waals surface area contributed by atoms with Crippen molar-refractivity contribution in [3.63, 3.8) is 0 Å². The van der Waals surface area contributed by atoms with Crippen molar-refractivity contribution >= 4 is 66.6 Å². The van der Waals surface area contributed by atoms with Crippen LogP contribution in [0.25, 0.3) is 32.3 Å². The maximum absolute atomic E-state index is 12.1. The number of hydrogen-bond donors (Lipinski definition) is 0. The first kappa shape index (κ1) is 17.6. The summed E-state index contributed by atoms with van der Waals surface area (Å²) in [6.07, 6.45) is 6.48. The summed E-state index contributed by atoms with van der Waals surface area (Å²) in [4.78, 5) is 24.2. The van der Waals surface area contributed by atoms with E-state index in [9.17, 15) is 9.59 Å². The van der Waals surface area contributed by atoms with Crippen LogP contribution < -0.4 is 0 Å². The Hall–Kier alpha value is -2.82. The SMILES string of the molecule is O=C(C=Cc1csc2ccccc12)CC(=O)C=Cc1csc2ccccc12. The molecular weight excluding hydrogens is 372 g/mol. The lowest BCUT2D eigenvalue weighted by Crippen LogP contribution is -2.01. The van der Waals surface area contributed by atoms with Crippen LogP contribution in [-0.4, -0.2) is 11.6 Å². The lowest BCUT2D eigenvalue weighted by atomic mass is 10.1. The minimum atomic E-state index is -0.185. The smallest absolute Gasteiger partial charge is 0.163 e. The molecule has 0 fully saturated rings. The minimum Gasteiger partial charge on any atom is -0.294 e. The number of hydrogen-bond acceptors (Lipinski definition) is 4. The number of thiophene rings is 2. The Balaban J connectivity index is 1.41. The first-order chi connectivity index (χ1) is 13.2. The standard InChI is InChI=1S/C23H16O2S2/c24-18(11-9-16-14-26-22-7-3-1-5-20(16)22)13-19(25)12-10-17-15-27-23-8-4-2-6-21(17)23/h1-12,14-15H,13H2. The molecule has 2 nitrogen and oxygen atoms in total. The summed E-state index contributed by atoms with van der Waals surface area (Å²) < 4.78 is 2.37. The quantitative estimate of drug-likeness (QED) is 0.284. The topological polar surface area (TPSA) is 34.1 Å². The maximum atomic E-state index is 12.1. The Morgan fingerprint density at radius 2 is 1.15 bits per heavy atom. The van der Waals surface area contributed by atoms with Crippen molar-refractivity contribution in [2.75, 3.05) is 0 Å². The van der Waals surface area contributed by atoms with Gasteiger partial charge in [0, 0.05) is 9.40 Å². The summed E-state index contributed by atoms with van der Waals surface area (Å²) in [7, 11) is 0. The van der Waals surface area contributed by atoms with Gasteiger partial charge in [-0.1, -0.05) is 36.4 Å². The van der Waals surface area contributed by atoms with Gasteiger partial charge in [0.25, 0.3) is 0 Å². The van der Waals surface area contributed by atoms with Crippen LogP contribution in [0.4, 0.5) is 0 Å². The maximum Gasteiger partial charge on any atom is 0.163 e. The summed E-state index contributed by atoms with van der Waals surface area (Å²) in [5.74, 6) is -0.370. The molecule has 2 heterocycles. The van der Waals surface area contributed by atoms with Gasteiger partial charge in [-0.3, -0.25) is 9.59 Å². The lowest BCUT2D eigenvalue weighted by molar-refractivity contribution is -0.121. The van der Waals surface area contributed by atoms with E-state index in [1.165, 1.54) is 21.6 Å². The predicted octanol–water partition coefficient (Wildman–Crippen LogP) is 6.37. The highest BCUT2D eigenvalue weighted by molar-refractivity contribution is 7.17. The van der Waals surface area contributed by atoms with Crippen molar-refractivity contribution < 1.29 is 9.59 Å². The van der Waals surface area contributed by atoms with Crippen LogP contribution >= 0.6 is 22.7 Å². The largest absolute Gasteiger partial charge is 0.294 e. The number of carbonyl (C=O) groups is 2. The van der Waals surface area contributed by atoms with Crippen LogP contribution in [0.2, 0.25) is 0 Å². The second kappa shape index (κ2) is 7.82. The molecule has 0 saturated heterocycles. The van der Waals surface area contributed by atoms with Crippen molar-refractivity contribution in [3.05, 3.63) is 82.6 Å². The molecule has 0 aliphatic heterocycles. The van der Waals surface area contributed by atoms with Gasteiger partial charge in [-0.05, 0) is 69.1 Å². The first-order valence-electron chi connectivity index (χ1n) is 8.55. The second-order valence-corrected chi connectivity index (χ2v) is 7.97. The van der Waals surface area contributed by atoms with E-state index in [2.05, 4.69) is 12.1 Å². The van der Waals surface area contributed by atoms with Crippen LogP contribution in [0.15, 0.2) is 71.4 Å². The molecule has 0 aliphatic rings. The van der Waals surface area contributed by atoms with Crippen molar-refractivity contribution in [1.82, 2.24) is 0 Å². The Bertz CT molecular complexity index is 1100. The fourth-order valence-electron chi connectivity index (χ4n) is 2.91. The van der Waals surface area contributed by atoms with E-state index in [0.29, 0.717) is 0 Å². The predicted molar refractivity (Wildman–Crippen MR) is 116 cm³/mol. The van der Waals surface area contributed by atoms with Crippen molar-refractivity contribution in [3.8, 4) is 0 Å². The van der Waals surface area contributed by atoms with Crippen molar-refractivity contribution in [1.29, 1.82) is 0 Å². The van der Waals surface area contributed by atoms with E-state index in [0.717, 1.165) is 21.9 Å². The normalized spacial score (nSPS) is 11.9. The van der Waals surface area contributed by atoms with Gasteiger partial charge in [-0.2, -0.15) is 0 Å². The molecule has 4 aromatic rings. The molecule has 27 heavy (non-hydrogen) atoms. The third kappa shape index (κ3) is 3.97. The molecule has 0 unspecified atom stereocenters. The van der Waals surface area contributed by atoms with Gasteiger partial charge in [-0.15, -0.1) is 22.7 Å². The van der Waals surface area contributed by atoms with Gasteiger partial charge < -0.3 is 0 Å². The zero-order valence-electron chi connectivity index (χ0n) is 14.4. The van der Waals surface area contributed by atoms with Gasteiger partial charge in [0.05, 0.1) is 6.42 Å². The highest BCUT2D eigenvalue weighted by Crippen LogP contribution is 2.27. The molecule has 0 spiro atoms. The van der Waals surface area contributed by atoms with E-state index in [1.807, 2.05) is 47.2 Å². The molecular formula is C23H16O2S2. The molecule has 132 valence electrons. The number of rotatable bonds is 6. The van der Waals surface area contributed by atoms with Gasteiger partial charge in [-0.25, -0.2) is 0 Å². The van der Waals surface area contributed by atoms with E-state index in [1.54, 1.807) is 34.8 Å². The van der Waals surface area contributed by atoms with Crippen LogP contribution in [0.5, 0.6) is 0 Å². The van der Waals surface area contributed by atoms with Crippen LogP contribution in [0.1, 0.15) is 17.5 Å². The summed E-state index contributed by atoms with van der Waals surface area (Å²) in [6.45, 7) is 0. The molecule has 0 saturated carbocycles. The summed E-state index contributed by atoms with van der Waals surface area (Å²) in [5, 5.41) is 6.31. The first-order valence-corrected chi connectivity index (χ1v) is 10.3. The summed E-state index contributed by atoms with van der Waals surface area (Å²) >= 11 is 3.29. The molecule has 0 bridgehead atoms.